The van der Waals surface area contributed by atoms with Gasteiger partial charge in [0.05, 0.1) is 0 Å². The Morgan fingerprint density at radius 3 is 2.55 bits per heavy atom. The van der Waals surface area contributed by atoms with E-state index in [0.29, 0.717) is 23.6 Å². The molecule has 0 aliphatic rings. The van der Waals surface area contributed by atoms with Gasteiger partial charge in [-0.05, 0) is 35.6 Å². The minimum absolute atomic E-state index is 0.454. The number of halogens is 1. The van der Waals surface area contributed by atoms with Gasteiger partial charge in [-0.15, -0.1) is 11.3 Å². The van der Waals surface area contributed by atoms with Crippen molar-refractivity contribution in [3.63, 3.8) is 0 Å². The molecule has 106 valence electrons. The van der Waals surface area contributed by atoms with Crippen molar-refractivity contribution in [2.24, 2.45) is 0 Å². The van der Waals surface area contributed by atoms with Crippen molar-refractivity contribution >= 4 is 28.9 Å². The van der Waals surface area contributed by atoms with Gasteiger partial charge in [0.1, 0.15) is 5.54 Å². The van der Waals surface area contributed by atoms with E-state index < -0.39 is 11.5 Å². The Balaban J connectivity index is 2.29. The summed E-state index contributed by atoms with van der Waals surface area (Å²) in [4.78, 5) is 12.9. The van der Waals surface area contributed by atoms with E-state index in [1.54, 1.807) is 35.6 Å². The first-order valence-corrected chi connectivity index (χ1v) is 7.61. The van der Waals surface area contributed by atoms with Gasteiger partial charge in [0.2, 0.25) is 0 Å². The predicted octanol–water partition coefficient (Wildman–Crippen LogP) is 3.88. The summed E-state index contributed by atoms with van der Waals surface area (Å²) in [5.74, 6) is -0.876. The number of thiophene rings is 1. The van der Waals surface area contributed by atoms with Crippen molar-refractivity contribution in [3.05, 3.63) is 57.2 Å². The molecule has 2 rings (SSSR count). The summed E-state index contributed by atoms with van der Waals surface area (Å²) in [6.45, 7) is 2.39. The highest BCUT2D eigenvalue weighted by Crippen LogP contribution is 2.28. The number of carboxylic acids is 1. The molecule has 1 atom stereocenters. The lowest BCUT2D eigenvalue weighted by atomic mass is 9.87. The van der Waals surface area contributed by atoms with Crippen molar-refractivity contribution in [2.45, 2.75) is 25.4 Å². The molecule has 0 radical (unpaired) electrons. The zero-order valence-corrected chi connectivity index (χ0v) is 12.7. The zero-order valence-electron chi connectivity index (χ0n) is 11.1. The van der Waals surface area contributed by atoms with Gasteiger partial charge in [0.25, 0.3) is 0 Å². The highest BCUT2D eigenvalue weighted by Gasteiger charge is 2.38. The summed E-state index contributed by atoms with van der Waals surface area (Å²) >= 11 is 7.48. The van der Waals surface area contributed by atoms with Gasteiger partial charge in [-0.1, -0.05) is 36.7 Å². The van der Waals surface area contributed by atoms with Crippen LogP contribution in [0.25, 0.3) is 0 Å². The van der Waals surface area contributed by atoms with E-state index in [1.165, 1.54) is 0 Å². The molecule has 0 amide bonds. The minimum atomic E-state index is -1.09. The summed E-state index contributed by atoms with van der Waals surface area (Å²) in [5.41, 5.74) is -0.373. The van der Waals surface area contributed by atoms with Crippen LogP contribution < -0.4 is 5.32 Å². The van der Waals surface area contributed by atoms with E-state index in [9.17, 15) is 9.90 Å². The SMILES string of the molecule is CCC(NCc1cccs1)(C(=O)O)c1ccc(Cl)cc1. The molecule has 1 aromatic heterocycles. The number of rotatable bonds is 6. The number of hydrogen-bond donors (Lipinski definition) is 2. The number of benzene rings is 1. The average Bonchev–Trinajstić information content (AvgIpc) is 2.94. The highest BCUT2D eigenvalue weighted by molar-refractivity contribution is 7.09. The van der Waals surface area contributed by atoms with Gasteiger partial charge in [0, 0.05) is 16.4 Å². The summed E-state index contributed by atoms with van der Waals surface area (Å²) in [7, 11) is 0. The van der Waals surface area contributed by atoms with Crippen LogP contribution in [0.4, 0.5) is 0 Å². The van der Waals surface area contributed by atoms with Gasteiger partial charge < -0.3 is 5.11 Å². The predicted molar refractivity (Wildman–Crippen MR) is 82.2 cm³/mol. The average molecular weight is 310 g/mol. The van der Waals surface area contributed by atoms with Gasteiger partial charge in [-0.25, -0.2) is 4.79 Å². The van der Waals surface area contributed by atoms with Gasteiger partial charge in [-0.3, -0.25) is 5.32 Å². The van der Waals surface area contributed by atoms with Crippen molar-refractivity contribution < 1.29 is 9.90 Å². The Labute approximate surface area is 127 Å². The smallest absolute Gasteiger partial charge is 0.328 e. The molecular formula is C15H16ClNO2S. The minimum Gasteiger partial charge on any atom is -0.480 e. The standard InChI is InChI=1S/C15H16ClNO2S/c1-2-15(14(18)19,11-5-7-12(16)8-6-11)17-10-13-4-3-9-20-13/h3-9,17H,2,10H2,1H3,(H,18,19). The third-order valence-electron chi connectivity index (χ3n) is 3.38. The van der Waals surface area contributed by atoms with E-state index in [-0.39, 0.29) is 0 Å². The Morgan fingerprint density at radius 2 is 2.05 bits per heavy atom. The van der Waals surface area contributed by atoms with E-state index in [2.05, 4.69) is 5.32 Å². The second kappa shape index (κ2) is 6.39. The number of nitrogens with one attached hydrogen (secondary N) is 1. The highest BCUT2D eigenvalue weighted by atomic mass is 35.5. The normalized spacial score (nSPS) is 13.9. The molecule has 5 heteroatoms. The maximum atomic E-state index is 11.8. The lowest BCUT2D eigenvalue weighted by molar-refractivity contribution is -0.145. The fraction of sp³-hybridized carbons (Fsp3) is 0.267. The maximum Gasteiger partial charge on any atom is 0.328 e. The second-order valence-corrected chi connectivity index (χ2v) is 5.97. The summed E-state index contributed by atoms with van der Waals surface area (Å²) in [5, 5.41) is 15.5. The van der Waals surface area contributed by atoms with E-state index in [1.807, 2.05) is 24.4 Å². The van der Waals surface area contributed by atoms with Crippen LogP contribution in [0.3, 0.4) is 0 Å². The molecule has 1 unspecified atom stereocenters. The first-order chi connectivity index (χ1) is 9.58. The number of aliphatic carboxylic acids is 1. The molecule has 1 heterocycles. The molecule has 2 aromatic rings. The summed E-state index contributed by atoms with van der Waals surface area (Å²) < 4.78 is 0. The van der Waals surface area contributed by atoms with Gasteiger partial charge in [0.15, 0.2) is 0 Å². The topological polar surface area (TPSA) is 49.3 Å². The number of carbonyl (C=O) groups is 1. The third-order valence-corrected chi connectivity index (χ3v) is 4.51. The molecule has 20 heavy (non-hydrogen) atoms. The molecule has 0 saturated carbocycles. The van der Waals surface area contributed by atoms with Crippen molar-refractivity contribution in [1.29, 1.82) is 0 Å². The molecule has 0 bridgehead atoms. The van der Waals surface area contributed by atoms with Crippen LogP contribution in [0, 0.1) is 0 Å². The molecule has 1 aromatic carbocycles. The Bertz CT molecular complexity index is 568. The van der Waals surface area contributed by atoms with Gasteiger partial charge in [-0.2, -0.15) is 0 Å². The fourth-order valence-corrected chi connectivity index (χ4v) is 2.94. The molecule has 2 N–H and O–H groups in total. The maximum absolute atomic E-state index is 11.8. The lowest BCUT2D eigenvalue weighted by Crippen LogP contribution is -2.48. The largest absolute Gasteiger partial charge is 0.480 e. The first kappa shape index (κ1) is 15.0. The van der Waals surface area contributed by atoms with Crippen molar-refractivity contribution in [2.75, 3.05) is 0 Å². The fourth-order valence-electron chi connectivity index (χ4n) is 2.17. The van der Waals surface area contributed by atoms with Crippen LogP contribution in [0.2, 0.25) is 5.02 Å². The molecule has 0 spiro atoms. The Morgan fingerprint density at radius 1 is 1.35 bits per heavy atom. The number of carboxylic acid groups (broad SMARTS) is 1. The van der Waals surface area contributed by atoms with Crippen LogP contribution >= 0.6 is 22.9 Å². The quantitative estimate of drug-likeness (QED) is 0.851. The molecule has 0 aliphatic heterocycles. The van der Waals surface area contributed by atoms with Crippen LogP contribution in [-0.2, 0) is 16.9 Å². The zero-order chi connectivity index (χ0) is 14.6. The Kier molecular flexibility index (Phi) is 4.81. The van der Waals surface area contributed by atoms with Crippen LogP contribution in [0.5, 0.6) is 0 Å². The van der Waals surface area contributed by atoms with Crippen LogP contribution in [0.1, 0.15) is 23.8 Å². The van der Waals surface area contributed by atoms with Crippen molar-refractivity contribution in [1.82, 2.24) is 5.32 Å². The molecular weight excluding hydrogens is 294 g/mol. The summed E-state index contributed by atoms with van der Waals surface area (Å²) in [6, 6.07) is 10.9. The van der Waals surface area contributed by atoms with Crippen LogP contribution in [0.15, 0.2) is 41.8 Å². The first-order valence-electron chi connectivity index (χ1n) is 6.35. The van der Waals surface area contributed by atoms with Gasteiger partial charge >= 0.3 is 5.97 Å². The van der Waals surface area contributed by atoms with E-state index >= 15 is 0 Å². The lowest BCUT2D eigenvalue weighted by Gasteiger charge is -2.30. The monoisotopic (exact) mass is 309 g/mol. The van der Waals surface area contributed by atoms with E-state index in [0.717, 1.165) is 4.88 Å². The van der Waals surface area contributed by atoms with E-state index in [4.69, 9.17) is 11.6 Å². The molecule has 3 nitrogen and oxygen atoms in total. The molecule has 0 aliphatic carbocycles. The molecule has 0 fully saturated rings. The molecule has 0 saturated heterocycles. The number of hydrogen-bond acceptors (Lipinski definition) is 3. The second-order valence-electron chi connectivity index (χ2n) is 4.50. The summed E-state index contributed by atoms with van der Waals surface area (Å²) in [6.07, 6.45) is 0.454. The van der Waals surface area contributed by atoms with Crippen molar-refractivity contribution in [3.8, 4) is 0 Å². The van der Waals surface area contributed by atoms with Crippen LogP contribution in [-0.4, -0.2) is 11.1 Å². The Hall–Kier alpha value is -1.36. The third kappa shape index (κ3) is 3.03.